The molecular formula is C14H15F2NO5S. The fraction of sp³-hybridized carbons (Fsp3) is 0.357. The van der Waals surface area contributed by atoms with Crippen molar-refractivity contribution in [3.63, 3.8) is 0 Å². The third kappa shape index (κ3) is 2.40. The first-order valence-corrected chi connectivity index (χ1v) is 8.34. The van der Waals surface area contributed by atoms with E-state index in [4.69, 9.17) is 0 Å². The zero-order valence-electron chi connectivity index (χ0n) is 12.4. The third-order valence-electron chi connectivity index (χ3n) is 4.14. The molecule has 0 aromatic heterocycles. The van der Waals surface area contributed by atoms with Crippen LogP contribution >= 0.6 is 0 Å². The number of nitrogens with zero attached hydrogens (tertiary/aromatic N) is 1. The van der Waals surface area contributed by atoms with Crippen LogP contribution in [-0.2, 0) is 20.2 Å². The Hall–Kier alpha value is -2.00. The summed E-state index contributed by atoms with van der Waals surface area (Å²) in [6.45, 7) is 3.76. The Bertz CT molecular complexity index is 761. The highest BCUT2D eigenvalue weighted by Crippen LogP contribution is 2.50. The van der Waals surface area contributed by atoms with Gasteiger partial charge in [0.1, 0.15) is 17.2 Å². The first-order valence-electron chi connectivity index (χ1n) is 6.45. The summed E-state index contributed by atoms with van der Waals surface area (Å²) in [5.41, 5.74) is -2.48. The van der Waals surface area contributed by atoms with Gasteiger partial charge in [-0.1, -0.05) is 6.58 Å². The smallest absolute Gasteiger partial charge is 0.416 e. The van der Waals surface area contributed by atoms with E-state index in [1.54, 1.807) is 0 Å². The van der Waals surface area contributed by atoms with Crippen molar-refractivity contribution in [2.24, 2.45) is 0 Å². The van der Waals surface area contributed by atoms with Gasteiger partial charge in [-0.25, -0.2) is 22.0 Å². The molecule has 0 radical (unpaired) electrons. The van der Waals surface area contributed by atoms with Crippen molar-refractivity contribution >= 4 is 15.9 Å². The van der Waals surface area contributed by atoms with E-state index in [0.717, 1.165) is 36.5 Å². The van der Waals surface area contributed by atoms with Crippen molar-refractivity contribution < 1.29 is 31.8 Å². The average molecular weight is 347 g/mol. The summed E-state index contributed by atoms with van der Waals surface area (Å²) in [6.07, 6.45) is 0.570. The third-order valence-corrected chi connectivity index (χ3v) is 6.14. The van der Waals surface area contributed by atoms with E-state index < -0.39 is 44.6 Å². The highest BCUT2D eigenvalue weighted by Gasteiger charge is 2.70. The standard InChI is InChI=1S/C14H15F2NO5S/c1-4-22-12(18)17-8-14(19,13(17,2)23(3,20)21)9-5-10(15)7-11(16)6-9/h4-7,19H,1,8H2,2-3H3. The van der Waals surface area contributed by atoms with Crippen LogP contribution in [0.15, 0.2) is 31.0 Å². The van der Waals surface area contributed by atoms with Gasteiger partial charge in [0.05, 0.1) is 12.8 Å². The lowest BCUT2D eigenvalue weighted by Gasteiger charge is -2.59. The van der Waals surface area contributed by atoms with E-state index in [-0.39, 0.29) is 5.56 Å². The molecule has 9 heteroatoms. The first kappa shape index (κ1) is 17.4. The van der Waals surface area contributed by atoms with Crippen molar-refractivity contribution in [1.29, 1.82) is 0 Å². The largest absolute Gasteiger partial charge is 0.419 e. The fourth-order valence-electron chi connectivity index (χ4n) is 2.69. The molecule has 0 spiro atoms. The van der Waals surface area contributed by atoms with Crippen molar-refractivity contribution in [2.75, 3.05) is 12.8 Å². The number of ether oxygens (including phenoxy) is 1. The summed E-state index contributed by atoms with van der Waals surface area (Å²) in [4.78, 5) is 10.5. The number of aliphatic hydroxyl groups is 1. The van der Waals surface area contributed by atoms with Gasteiger partial charge in [0.25, 0.3) is 0 Å². The van der Waals surface area contributed by atoms with Gasteiger partial charge in [0.15, 0.2) is 14.7 Å². The van der Waals surface area contributed by atoms with Crippen LogP contribution in [0.3, 0.4) is 0 Å². The Labute approximate surface area is 131 Å². The molecule has 1 aromatic rings. The Kier molecular flexibility index (Phi) is 3.98. The van der Waals surface area contributed by atoms with Gasteiger partial charge in [-0.05, 0) is 24.6 Å². The van der Waals surface area contributed by atoms with E-state index in [1.807, 2.05) is 0 Å². The minimum absolute atomic E-state index is 0.287. The van der Waals surface area contributed by atoms with Crippen molar-refractivity contribution in [1.82, 2.24) is 4.90 Å². The highest BCUT2D eigenvalue weighted by atomic mass is 32.2. The van der Waals surface area contributed by atoms with E-state index in [1.165, 1.54) is 0 Å². The molecule has 0 saturated carbocycles. The number of benzene rings is 1. The quantitative estimate of drug-likeness (QED) is 0.838. The van der Waals surface area contributed by atoms with E-state index in [0.29, 0.717) is 6.07 Å². The van der Waals surface area contributed by atoms with Crippen LogP contribution < -0.4 is 0 Å². The molecule has 1 N–H and O–H groups in total. The van der Waals surface area contributed by atoms with Crippen LogP contribution in [0, 0.1) is 11.6 Å². The van der Waals surface area contributed by atoms with Crippen molar-refractivity contribution in [2.45, 2.75) is 17.4 Å². The average Bonchev–Trinajstić information content (AvgIpc) is 2.41. The molecule has 126 valence electrons. The van der Waals surface area contributed by atoms with Gasteiger partial charge in [-0.15, -0.1) is 0 Å². The van der Waals surface area contributed by atoms with Gasteiger partial charge in [-0.3, -0.25) is 4.90 Å². The topological polar surface area (TPSA) is 83.9 Å². The van der Waals surface area contributed by atoms with E-state index in [9.17, 15) is 27.1 Å². The van der Waals surface area contributed by atoms with Crippen LogP contribution in [0.5, 0.6) is 0 Å². The molecule has 1 fully saturated rings. The molecule has 2 unspecified atom stereocenters. The fourth-order valence-corrected chi connectivity index (χ4v) is 4.03. The summed E-state index contributed by atoms with van der Waals surface area (Å²) in [5.74, 6) is -1.95. The van der Waals surface area contributed by atoms with E-state index >= 15 is 0 Å². The van der Waals surface area contributed by atoms with Crippen LogP contribution in [0.25, 0.3) is 0 Å². The van der Waals surface area contributed by atoms with Crippen molar-refractivity contribution in [3.8, 4) is 0 Å². The molecule has 1 amide bonds. The second-order valence-electron chi connectivity index (χ2n) is 5.41. The number of amides is 1. The maximum Gasteiger partial charge on any atom is 0.416 e. The van der Waals surface area contributed by atoms with Crippen molar-refractivity contribution in [3.05, 3.63) is 48.2 Å². The lowest BCUT2D eigenvalue weighted by atomic mass is 9.78. The Morgan fingerprint density at radius 1 is 1.39 bits per heavy atom. The number of carbonyl (C=O) groups is 1. The Morgan fingerprint density at radius 3 is 2.35 bits per heavy atom. The van der Waals surface area contributed by atoms with Gasteiger partial charge in [-0.2, -0.15) is 0 Å². The lowest BCUT2D eigenvalue weighted by Crippen LogP contribution is -2.79. The number of sulfone groups is 1. The molecule has 1 saturated heterocycles. The minimum atomic E-state index is -4.06. The predicted molar refractivity (Wildman–Crippen MR) is 76.9 cm³/mol. The molecule has 1 heterocycles. The molecule has 2 atom stereocenters. The number of halogens is 2. The molecule has 23 heavy (non-hydrogen) atoms. The first-order chi connectivity index (χ1) is 10.5. The monoisotopic (exact) mass is 347 g/mol. The highest BCUT2D eigenvalue weighted by molar-refractivity contribution is 7.92. The van der Waals surface area contributed by atoms with Gasteiger partial charge in [0.2, 0.25) is 0 Å². The van der Waals surface area contributed by atoms with Crippen LogP contribution in [-0.4, -0.2) is 42.2 Å². The number of carbonyl (C=O) groups excluding carboxylic acids is 1. The minimum Gasteiger partial charge on any atom is -0.419 e. The second-order valence-corrected chi connectivity index (χ2v) is 7.75. The zero-order chi connectivity index (χ0) is 17.6. The van der Waals surface area contributed by atoms with Crippen LogP contribution in [0.1, 0.15) is 12.5 Å². The maximum absolute atomic E-state index is 13.4. The van der Waals surface area contributed by atoms with Crippen LogP contribution in [0.2, 0.25) is 0 Å². The SMILES string of the molecule is C=COC(=O)N1CC(O)(c2cc(F)cc(F)c2)C1(C)S(C)(=O)=O. The lowest BCUT2D eigenvalue weighted by molar-refractivity contribution is -0.158. The summed E-state index contributed by atoms with van der Waals surface area (Å²) in [6, 6.07) is 2.23. The summed E-state index contributed by atoms with van der Waals surface area (Å²) >= 11 is 0. The molecule has 0 bridgehead atoms. The van der Waals surface area contributed by atoms with Crippen LogP contribution in [0.4, 0.5) is 13.6 Å². The molecule has 1 aliphatic heterocycles. The summed E-state index contributed by atoms with van der Waals surface area (Å²) in [5, 5.41) is 10.8. The molecule has 2 rings (SSSR count). The number of rotatable bonds is 3. The molecular weight excluding hydrogens is 332 g/mol. The number of likely N-dealkylation sites (tertiary alicyclic amines) is 1. The number of hydrogen-bond acceptors (Lipinski definition) is 5. The van der Waals surface area contributed by atoms with Gasteiger partial charge >= 0.3 is 6.09 Å². The normalized spacial score (nSPS) is 27.3. The maximum atomic E-state index is 13.4. The zero-order valence-corrected chi connectivity index (χ0v) is 13.2. The number of β-amino-alcohol motifs (C(OH)–C–C–N with tert-alkyl or cyclic N) is 1. The molecule has 0 aliphatic carbocycles. The Balaban J connectivity index is 2.59. The van der Waals surface area contributed by atoms with Gasteiger partial charge < -0.3 is 9.84 Å². The second kappa shape index (κ2) is 5.27. The predicted octanol–water partition coefficient (Wildman–Crippen LogP) is 1.51. The summed E-state index contributed by atoms with van der Waals surface area (Å²) < 4.78 is 55.8. The molecule has 6 nitrogen and oxygen atoms in total. The van der Waals surface area contributed by atoms with E-state index in [2.05, 4.69) is 11.3 Å². The summed E-state index contributed by atoms with van der Waals surface area (Å²) in [7, 11) is -4.06. The molecule has 1 aliphatic rings. The van der Waals surface area contributed by atoms with Gasteiger partial charge in [0, 0.05) is 12.3 Å². The Morgan fingerprint density at radius 2 is 1.91 bits per heavy atom. The number of hydrogen-bond donors (Lipinski definition) is 1. The molecule has 1 aromatic carbocycles.